The van der Waals surface area contributed by atoms with Crippen LogP contribution in [0.15, 0.2) is 30.5 Å². The Kier molecular flexibility index (Phi) is 7.75. The lowest BCUT2D eigenvalue weighted by Crippen LogP contribution is -2.45. The molecule has 3 fully saturated rings. The lowest BCUT2D eigenvalue weighted by atomic mass is 9.84. The summed E-state index contributed by atoms with van der Waals surface area (Å²) in [5, 5.41) is 22.8. The highest BCUT2D eigenvalue weighted by Crippen LogP contribution is 2.42. The number of fused-ring (bicyclic) bond motifs is 3. The third kappa shape index (κ3) is 5.31. The van der Waals surface area contributed by atoms with Gasteiger partial charge in [0.2, 0.25) is 0 Å². The number of phenols is 1. The third-order valence-electron chi connectivity index (χ3n) is 10.4. The van der Waals surface area contributed by atoms with Crippen LogP contribution in [0.3, 0.4) is 0 Å². The molecule has 0 saturated carbocycles. The van der Waals surface area contributed by atoms with Crippen LogP contribution in [0.5, 0.6) is 11.8 Å². The van der Waals surface area contributed by atoms with Gasteiger partial charge in [-0.2, -0.15) is 9.97 Å². The van der Waals surface area contributed by atoms with E-state index in [9.17, 15) is 19.0 Å². The van der Waals surface area contributed by atoms with Crippen LogP contribution < -0.4 is 9.64 Å². The van der Waals surface area contributed by atoms with Crippen molar-refractivity contribution in [3.8, 4) is 23.0 Å². The van der Waals surface area contributed by atoms with Crippen LogP contribution in [0.4, 0.5) is 19.0 Å². The Morgan fingerprint density at radius 1 is 1.11 bits per heavy atom. The fourth-order valence-electron chi connectivity index (χ4n) is 7.94. The van der Waals surface area contributed by atoms with E-state index < -0.39 is 28.9 Å². The molecule has 3 aliphatic rings. The molecule has 0 bridgehead atoms. The summed E-state index contributed by atoms with van der Waals surface area (Å²) in [4.78, 5) is 18.0. The van der Waals surface area contributed by atoms with E-state index in [0.29, 0.717) is 60.0 Å². The summed E-state index contributed by atoms with van der Waals surface area (Å²) in [5.74, 6) is -0.856. The molecule has 0 radical (unpaired) electrons. The zero-order chi connectivity index (χ0) is 32.4. The Hall–Kier alpha value is -3.70. The molecule has 0 spiro atoms. The number of halogens is 3. The lowest BCUT2D eigenvalue weighted by molar-refractivity contribution is 0.0110. The van der Waals surface area contributed by atoms with Crippen LogP contribution in [-0.2, 0) is 6.42 Å². The van der Waals surface area contributed by atoms with Gasteiger partial charge in [0.15, 0.2) is 5.82 Å². The Balaban J connectivity index is 1.37. The second-order valence-corrected chi connectivity index (χ2v) is 13.8. The minimum atomic E-state index is -0.926. The highest BCUT2D eigenvalue weighted by Gasteiger charge is 2.49. The Morgan fingerprint density at radius 2 is 1.93 bits per heavy atom. The molecular weight excluding hydrogens is 595 g/mol. The normalized spacial score (nSPS) is 23.8. The van der Waals surface area contributed by atoms with Crippen LogP contribution in [0.1, 0.15) is 58.4 Å². The Morgan fingerprint density at radius 3 is 2.72 bits per heavy atom. The first-order valence-electron chi connectivity index (χ1n) is 16.3. The van der Waals surface area contributed by atoms with E-state index in [1.165, 1.54) is 24.4 Å². The van der Waals surface area contributed by atoms with Crippen molar-refractivity contribution in [2.75, 3.05) is 37.7 Å². The number of hydrogen-bond donors (Lipinski definition) is 2. The number of aromatic nitrogens is 3. The van der Waals surface area contributed by atoms with Crippen molar-refractivity contribution in [1.82, 2.24) is 19.9 Å². The highest BCUT2D eigenvalue weighted by molar-refractivity contribution is 6.01. The fourth-order valence-corrected chi connectivity index (χ4v) is 7.94. The molecule has 1 unspecified atom stereocenters. The molecule has 7 rings (SSSR count). The second kappa shape index (κ2) is 11.5. The average Bonchev–Trinajstić information content (AvgIpc) is 3.55. The molecule has 46 heavy (non-hydrogen) atoms. The van der Waals surface area contributed by atoms with E-state index in [-0.39, 0.29) is 41.1 Å². The summed E-state index contributed by atoms with van der Waals surface area (Å²) in [6, 6.07) is 5.81. The first-order valence-corrected chi connectivity index (χ1v) is 16.3. The number of benzene rings is 2. The molecule has 2 aromatic heterocycles. The minimum Gasteiger partial charge on any atom is -0.508 e. The monoisotopic (exact) mass is 635 g/mol. The number of aliphatic hydroxyl groups is 1. The summed E-state index contributed by atoms with van der Waals surface area (Å²) >= 11 is 0. The SMILES string of the molecule is CCc1c(F)ccc2cc(O)cc(-c3ncc4c(N5CCCC(C(C)(C)O)C5)nc(OC[C@@]56CCCN5C[C@H](F)C6)nc4c3F)c12. The molecule has 3 aliphatic heterocycles. The zero-order valence-corrected chi connectivity index (χ0v) is 26.5. The van der Waals surface area contributed by atoms with Gasteiger partial charge in [-0.1, -0.05) is 13.0 Å². The average molecular weight is 636 g/mol. The number of phenolic OH excluding ortho intramolecular Hbond substituents is 1. The van der Waals surface area contributed by atoms with Crippen LogP contribution >= 0.6 is 0 Å². The van der Waals surface area contributed by atoms with E-state index in [2.05, 4.69) is 14.9 Å². The number of nitrogens with zero attached hydrogens (tertiary/aromatic N) is 5. The van der Waals surface area contributed by atoms with Crippen LogP contribution in [-0.4, -0.2) is 80.2 Å². The van der Waals surface area contributed by atoms with E-state index in [0.717, 1.165) is 32.2 Å². The first kappa shape index (κ1) is 30.9. The molecule has 0 amide bonds. The number of hydrogen-bond acceptors (Lipinski definition) is 8. The molecule has 3 saturated heterocycles. The number of anilines is 1. The summed E-state index contributed by atoms with van der Waals surface area (Å²) in [6.45, 7) is 7.90. The van der Waals surface area contributed by atoms with Gasteiger partial charge in [-0.15, -0.1) is 0 Å². The topological polar surface area (TPSA) is 94.8 Å². The van der Waals surface area contributed by atoms with Crippen molar-refractivity contribution in [2.24, 2.45) is 5.92 Å². The molecule has 2 aromatic carbocycles. The third-order valence-corrected chi connectivity index (χ3v) is 10.4. The van der Waals surface area contributed by atoms with Crippen LogP contribution in [0, 0.1) is 17.6 Å². The van der Waals surface area contributed by atoms with Gasteiger partial charge in [0.25, 0.3) is 0 Å². The number of piperidine rings is 1. The van der Waals surface area contributed by atoms with Crippen molar-refractivity contribution in [3.05, 3.63) is 47.7 Å². The van der Waals surface area contributed by atoms with Gasteiger partial charge in [0.05, 0.1) is 16.5 Å². The molecule has 11 heteroatoms. The van der Waals surface area contributed by atoms with Gasteiger partial charge in [-0.3, -0.25) is 9.88 Å². The van der Waals surface area contributed by atoms with Crippen molar-refractivity contribution in [1.29, 1.82) is 0 Å². The highest BCUT2D eigenvalue weighted by atomic mass is 19.1. The molecule has 4 aromatic rings. The van der Waals surface area contributed by atoms with Gasteiger partial charge in [0, 0.05) is 43.7 Å². The van der Waals surface area contributed by atoms with Gasteiger partial charge in [-0.05, 0) is 87.0 Å². The van der Waals surface area contributed by atoms with Gasteiger partial charge in [0.1, 0.15) is 41.4 Å². The predicted octanol–water partition coefficient (Wildman–Crippen LogP) is 6.33. The summed E-state index contributed by atoms with van der Waals surface area (Å²) in [6.07, 6.45) is 4.72. The minimum absolute atomic E-state index is 0.0168. The largest absolute Gasteiger partial charge is 0.508 e. The summed E-state index contributed by atoms with van der Waals surface area (Å²) in [5.41, 5.74) is -0.802. The van der Waals surface area contributed by atoms with Gasteiger partial charge < -0.3 is 19.8 Å². The van der Waals surface area contributed by atoms with Crippen molar-refractivity contribution in [3.63, 3.8) is 0 Å². The molecule has 0 aliphatic carbocycles. The summed E-state index contributed by atoms with van der Waals surface area (Å²) in [7, 11) is 0. The van der Waals surface area contributed by atoms with E-state index >= 15 is 4.39 Å². The smallest absolute Gasteiger partial charge is 0.319 e. The Bertz CT molecular complexity index is 1810. The van der Waals surface area contributed by atoms with Crippen molar-refractivity contribution >= 4 is 27.5 Å². The quantitative estimate of drug-likeness (QED) is 0.243. The summed E-state index contributed by atoms with van der Waals surface area (Å²) < 4.78 is 52.5. The maximum absolute atomic E-state index is 16.8. The molecular formula is C35H40F3N5O3. The molecule has 2 N–H and O–H groups in total. The number of rotatable bonds is 7. The van der Waals surface area contributed by atoms with E-state index in [4.69, 9.17) is 9.72 Å². The number of alkyl halides is 1. The van der Waals surface area contributed by atoms with E-state index in [1.807, 2.05) is 11.8 Å². The van der Waals surface area contributed by atoms with E-state index in [1.54, 1.807) is 19.9 Å². The molecule has 5 heterocycles. The van der Waals surface area contributed by atoms with Crippen molar-refractivity contribution in [2.45, 2.75) is 76.6 Å². The van der Waals surface area contributed by atoms with Crippen LogP contribution in [0.2, 0.25) is 0 Å². The fraction of sp³-hybridized carbons (Fsp3) is 0.514. The van der Waals surface area contributed by atoms with Crippen LogP contribution in [0.25, 0.3) is 32.9 Å². The number of ether oxygens (including phenoxy) is 1. The maximum atomic E-state index is 16.8. The molecule has 3 atom stereocenters. The first-order chi connectivity index (χ1) is 22.0. The number of pyridine rings is 1. The second-order valence-electron chi connectivity index (χ2n) is 13.8. The molecule has 244 valence electrons. The van der Waals surface area contributed by atoms with Gasteiger partial charge in [-0.25, -0.2) is 13.2 Å². The number of aryl methyl sites for hydroxylation is 1. The Labute approximate surface area is 266 Å². The standard InChI is InChI=1S/C35H40F3N5O3/c1-4-24-27(37)9-8-20-13-23(44)14-25(28(20)24)30-29(38)31-26(16-39-30)32(42-11-5-7-21(17-42)34(2,3)45)41-33(40-31)46-19-35-10-6-12-43(35)18-22(36)15-35/h8-9,13-14,16,21-22,44-45H,4-7,10-12,15,17-19H2,1-3H3/t21?,22-,35+/m1/s1. The lowest BCUT2D eigenvalue weighted by Gasteiger charge is -2.39. The zero-order valence-electron chi connectivity index (χ0n) is 26.5. The molecule has 8 nitrogen and oxygen atoms in total. The van der Waals surface area contributed by atoms with Gasteiger partial charge >= 0.3 is 6.01 Å². The van der Waals surface area contributed by atoms with Crippen molar-refractivity contribution < 1.29 is 28.1 Å². The maximum Gasteiger partial charge on any atom is 0.319 e. The predicted molar refractivity (Wildman–Crippen MR) is 171 cm³/mol. The number of aromatic hydroxyl groups is 1.